The number of carbonyl (C=O) groups is 2. The highest BCUT2D eigenvalue weighted by molar-refractivity contribution is 7.88. The van der Waals surface area contributed by atoms with Crippen molar-refractivity contribution in [3.63, 3.8) is 0 Å². The second kappa shape index (κ2) is 9.97. The third-order valence-corrected chi connectivity index (χ3v) is 7.40. The molecule has 0 bridgehead atoms. The lowest BCUT2D eigenvalue weighted by Crippen LogP contribution is -2.50. The SMILES string of the molecule is O=C(Nc1ccccc1C(=O)N1CCN(S(=O)(=O)Cc2ccccc2)CC1)c1ccccc1. The number of nitrogens with zero attached hydrogens (tertiary/aromatic N) is 2. The van der Waals surface area contributed by atoms with Gasteiger partial charge in [0.15, 0.2) is 0 Å². The van der Waals surface area contributed by atoms with Crippen molar-refractivity contribution in [3.8, 4) is 0 Å². The molecule has 0 spiro atoms. The minimum absolute atomic E-state index is 0.0594. The predicted molar refractivity (Wildman–Crippen MR) is 127 cm³/mol. The van der Waals surface area contributed by atoms with Crippen molar-refractivity contribution in [3.05, 3.63) is 102 Å². The number of rotatable bonds is 6. The Labute approximate surface area is 193 Å². The summed E-state index contributed by atoms with van der Waals surface area (Å²) in [4.78, 5) is 27.4. The van der Waals surface area contributed by atoms with Crippen LogP contribution in [0.4, 0.5) is 5.69 Å². The Morgan fingerprint density at radius 3 is 2.00 bits per heavy atom. The smallest absolute Gasteiger partial charge is 0.256 e. The lowest BCUT2D eigenvalue weighted by molar-refractivity contribution is 0.0699. The maximum Gasteiger partial charge on any atom is 0.256 e. The van der Waals surface area contributed by atoms with Gasteiger partial charge in [0.25, 0.3) is 11.8 Å². The number of sulfonamides is 1. The number of piperazine rings is 1. The molecule has 0 unspecified atom stereocenters. The molecule has 0 saturated carbocycles. The summed E-state index contributed by atoms with van der Waals surface area (Å²) in [5.74, 6) is -0.595. The molecule has 8 heteroatoms. The zero-order valence-electron chi connectivity index (χ0n) is 18.1. The van der Waals surface area contributed by atoms with Crippen LogP contribution in [0.25, 0.3) is 0 Å². The Kier molecular flexibility index (Phi) is 6.86. The van der Waals surface area contributed by atoms with E-state index < -0.39 is 10.0 Å². The first-order valence-corrected chi connectivity index (χ1v) is 12.3. The van der Waals surface area contributed by atoms with Crippen molar-refractivity contribution in [1.82, 2.24) is 9.21 Å². The average molecular weight is 464 g/mol. The van der Waals surface area contributed by atoms with Crippen molar-refractivity contribution in [1.29, 1.82) is 0 Å². The minimum atomic E-state index is -3.47. The van der Waals surface area contributed by atoms with Gasteiger partial charge in [-0.25, -0.2) is 8.42 Å². The van der Waals surface area contributed by atoms with Crippen LogP contribution in [0.15, 0.2) is 84.9 Å². The van der Waals surface area contributed by atoms with E-state index in [9.17, 15) is 18.0 Å². The van der Waals surface area contributed by atoms with Crippen molar-refractivity contribution >= 4 is 27.5 Å². The Morgan fingerprint density at radius 1 is 0.758 bits per heavy atom. The van der Waals surface area contributed by atoms with Gasteiger partial charge in [-0.1, -0.05) is 60.7 Å². The van der Waals surface area contributed by atoms with Gasteiger partial charge in [0, 0.05) is 31.7 Å². The molecule has 0 atom stereocenters. The highest BCUT2D eigenvalue weighted by atomic mass is 32.2. The first-order chi connectivity index (χ1) is 15.9. The molecule has 1 fully saturated rings. The number of benzene rings is 3. The predicted octanol–water partition coefficient (Wildman–Crippen LogP) is 3.23. The number of nitrogens with one attached hydrogen (secondary N) is 1. The van der Waals surface area contributed by atoms with Crippen LogP contribution in [0.2, 0.25) is 0 Å². The van der Waals surface area contributed by atoms with Crippen molar-refractivity contribution in [2.75, 3.05) is 31.5 Å². The molecule has 1 heterocycles. The van der Waals surface area contributed by atoms with Gasteiger partial charge in [-0.3, -0.25) is 9.59 Å². The first-order valence-electron chi connectivity index (χ1n) is 10.7. The topological polar surface area (TPSA) is 86.8 Å². The summed E-state index contributed by atoms with van der Waals surface area (Å²) < 4.78 is 27.0. The first kappa shape index (κ1) is 22.7. The minimum Gasteiger partial charge on any atom is -0.336 e. The number of hydrogen-bond donors (Lipinski definition) is 1. The van der Waals surface area contributed by atoms with E-state index in [0.29, 0.717) is 16.8 Å². The van der Waals surface area contributed by atoms with Crippen molar-refractivity contribution in [2.24, 2.45) is 0 Å². The molecular weight excluding hydrogens is 438 g/mol. The van der Waals surface area contributed by atoms with Gasteiger partial charge in [0.05, 0.1) is 17.0 Å². The second-order valence-electron chi connectivity index (χ2n) is 7.80. The van der Waals surface area contributed by atoms with Crippen LogP contribution in [0, 0.1) is 0 Å². The van der Waals surface area contributed by atoms with Gasteiger partial charge < -0.3 is 10.2 Å². The largest absolute Gasteiger partial charge is 0.336 e. The highest BCUT2D eigenvalue weighted by Gasteiger charge is 2.30. The van der Waals surface area contributed by atoms with E-state index in [4.69, 9.17) is 0 Å². The van der Waals surface area contributed by atoms with Gasteiger partial charge in [-0.05, 0) is 29.8 Å². The van der Waals surface area contributed by atoms with Gasteiger partial charge >= 0.3 is 0 Å². The summed E-state index contributed by atoms with van der Waals surface area (Å²) in [6.07, 6.45) is 0. The Balaban J connectivity index is 1.41. The molecule has 7 nitrogen and oxygen atoms in total. The van der Waals surface area contributed by atoms with E-state index in [1.807, 2.05) is 24.3 Å². The van der Waals surface area contributed by atoms with E-state index in [2.05, 4.69) is 5.32 Å². The lowest BCUT2D eigenvalue weighted by atomic mass is 10.1. The maximum atomic E-state index is 13.2. The summed E-state index contributed by atoms with van der Waals surface area (Å²) in [5.41, 5.74) is 2.04. The normalized spacial score (nSPS) is 14.6. The van der Waals surface area contributed by atoms with Crippen LogP contribution in [-0.4, -0.2) is 55.6 Å². The molecule has 0 aliphatic carbocycles. The van der Waals surface area contributed by atoms with Gasteiger partial charge in [-0.15, -0.1) is 0 Å². The van der Waals surface area contributed by atoms with E-state index in [0.717, 1.165) is 5.56 Å². The number of amides is 2. The van der Waals surface area contributed by atoms with Crippen LogP contribution in [0.1, 0.15) is 26.3 Å². The fourth-order valence-corrected chi connectivity index (χ4v) is 5.29. The van der Waals surface area contributed by atoms with Crippen molar-refractivity contribution in [2.45, 2.75) is 5.75 Å². The van der Waals surface area contributed by atoms with Crippen LogP contribution < -0.4 is 5.32 Å². The van der Waals surface area contributed by atoms with Gasteiger partial charge in [0.2, 0.25) is 10.0 Å². The highest BCUT2D eigenvalue weighted by Crippen LogP contribution is 2.21. The van der Waals surface area contributed by atoms with Crippen LogP contribution in [-0.2, 0) is 15.8 Å². The molecule has 1 saturated heterocycles. The standard InChI is InChI=1S/C25H25N3O4S/c29-24(21-11-5-2-6-12-21)26-23-14-8-7-13-22(23)25(30)27-15-17-28(18-16-27)33(31,32)19-20-9-3-1-4-10-20/h1-14H,15-19H2,(H,26,29). The van der Waals surface area contributed by atoms with E-state index >= 15 is 0 Å². The third-order valence-electron chi connectivity index (χ3n) is 5.55. The number of anilines is 1. The maximum absolute atomic E-state index is 13.2. The molecule has 170 valence electrons. The molecule has 1 N–H and O–H groups in total. The van der Waals surface area contributed by atoms with Crippen LogP contribution in [0.3, 0.4) is 0 Å². The quantitative estimate of drug-likeness (QED) is 0.608. The van der Waals surface area contributed by atoms with E-state index in [1.165, 1.54) is 4.31 Å². The van der Waals surface area contributed by atoms with Gasteiger partial charge in [-0.2, -0.15) is 4.31 Å². The molecule has 0 aromatic heterocycles. The number of para-hydroxylation sites is 1. The fourth-order valence-electron chi connectivity index (χ4n) is 3.78. The van der Waals surface area contributed by atoms with Crippen LogP contribution >= 0.6 is 0 Å². The molecule has 3 aromatic carbocycles. The third kappa shape index (κ3) is 5.47. The lowest BCUT2D eigenvalue weighted by Gasteiger charge is -2.34. The second-order valence-corrected chi connectivity index (χ2v) is 9.77. The summed E-state index contributed by atoms with van der Waals surface area (Å²) in [6.45, 7) is 1.04. The molecule has 4 rings (SSSR count). The Bertz CT molecular complexity index is 1220. The van der Waals surface area contributed by atoms with E-state index in [1.54, 1.807) is 65.6 Å². The Hall–Kier alpha value is -3.49. The van der Waals surface area contributed by atoms with Gasteiger partial charge in [0.1, 0.15) is 0 Å². The van der Waals surface area contributed by atoms with Crippen LogP contribution in [0.5, 0.6) is 0 Å². The Morgan fingerprint density at radius 2 is 1.33 bits per heavy atom. The molecule has 2 amide bonds. The molecular formula is C25H25N3O4S. The summed E-state index contributed by atoms with van der Waals surface area (Å²) >= 11 is 0. The van der Waals surface area contributed by atoms with Crippen molar-refractivity contribution < 1.29 is 18.0 Å². The monoisotopic (exact) mass is 463 g/mol. The molecule has 1 aliphatic rings. The molecule has 0 radical (unpaired) electrons. The summed E-state index contributed by atoms with van der Waals surface area (Å²) in [5, 5.41) is 2.81. The summed E-state index contributed by atoms with van der Waals surface area (Å²) in [6, 6.07) is 24.7. The number of hydrogen-bond acceptors (Lipinski definition) is 4. The fraction of sp³-hybridized carbons (Fsp3) is 0.200. The zero-order chi connectivity index (χ0) is 23.3. The van der Waals surface area contributed by atoms with E-state index in [-0.39, 0.29) is 43.7 Å². The zero-order valence-corrected chi connectivity index (χ0v) is 18.9. The number of carbonyl (C=O) groups excluding carboxylic acids is 2. The summed E-state index contributed by atoms with van der Waals surface area (Å²) in [7, 11) is -3.47. The molecule has 3 aromatic rings. The molecule has 33 heavy (non-hydrogen) atoms. The average Bonchev–Trinajstić information content (AvgIpc) is 2.85. The molecule has 1 aliphatic heterocycles.